The molecule has 0 radical (unpaired) electrons. The summed E-state index contributed by atoms with van der Waals surface area (Å²) in [6, 6.07) is 10.3. The summed E-state index contributed by atoms with van der Waals surface area (Å²) < 4.78 is 0. The number of anilines is 1. The highest BCUT2D eigenvalue weighted by atomic mass is 32.2. The quantitative estimate of drug-likeness (QED) is 0.769. The average molecular weight is 206 g/mol. The second-order valence-electron chi connectivity index (χ2n) is 3.04. The summed E-state index contributed by atoms with van der Waals surface area (Å²) in [6.07, 6.45) is 0.586. The van der Waals surface area contributed by atoms with Crippen molar-refractivity contribution in [3.05, 3.63) is 24.3 Å². The molecule has 1 N–H and O–H groups in total. The molecule has 74 valence electrons. The lowest BCUT2D eigenvalue weighted by molar-refractivity contribution is 0.989. The minimum absolute atomic E-state index is 0.342. The number of nitrogens with one attached hydrogen (secondary N) is 1. The van der Waals surface area contributed by atoms with Gasteiger partial charge in [-0.3, -0.25) is 0 Å². The van der Waals surface area contributed by atoms with Gasteiger partial charge >= 0.3 is 0 Å². The van der Waals surface area contributed by atoms with E-state index in [-0.39, 0.29) is 0 Å². The van der Waals surface area contributed by atoms with Gasteiger partial charge in [-0.1, -0.05) is 19.1 Å². The Kier molecular flexibility index (Phi) is 4.34. The van der Waals surface area contributed by atoms with Crippen molar-refractivity contribution in [2.45, 2.75) is 23.5 Å². The zero-order chi connectivity index (χ0) is 10.4. The monoisotopic (exact) mass is 206 g/mol. The van der Waals surface area contributed by atoms with Gasteiger partial charge in [0, 0.05) is 29.3 Å². The molecule has 0 heterocycles. The van der Waals surface area contributed by atoms with Crippen molar-refractivity contribution in [1.82, 2.24) is 0 Å². The van der Waals surface area contributed by atoms with Gasteiger partial charge in [0.15, 0.2) is 0 Å². The molecule has 0 aromatic heterocycles. The smallest absolute Gasteiger partial charge is 0.0633 e. The van der Waals surface area contributed by atoms with E-state index in [2.05, 4.69) is 24.4 Å². The molecule has 1 aromatic rings. The van der Waals surface area contributed by atoms with Crippen LogP contribution in [0.3, 0.4) is 0 Å². The van der Waals surface area contributed by atoms with Crippen molar-refractivity contribution in [1.29, 1.82) is 5.26 Å². The lowest BCUT2D eigenvalue weighted by atomic mass is 10.3. The molecular formula is C11H14N2S. The molecule has 1 aromatic carbocycles. The van der Waals surface area contributed by atoms with Gasteiger partial charge in [-0.05, 0) is 12.1 Å². The molecule has 1 atom stereocenters. The van der Waals surface area contributed by atoms with E-state index in [1.165, 1.54) is 4.90 Å². The number of thioether (sulfide) groups is 1. The predicted molar refractivity (Wildman–Crippen MR) is 61.5 cm³/mol. The minimum atomic E-state index is 0.342. The van der Waals surface area contributed by atoms with Crippen LogP contribution in [-0.4, -0.2) is 12.3 Å². The molecule has 14 heavy (non-hydrogen) atoms. The topological polar surface area (TPSA) is 35.8 Å². The minimum Gasteiger partial charge on any atom is -0.387 e. The number of para-hydroxylation sites is 1. The van der Waals surface area contributed by atoms with E-state index >= 15 is 0 Å². The molecule has 0 saturated heterocycles. The third-order valence-corrected chi connectivity index (χ3v) is 3.04. The number of rotatable bonds is 4. The first-order chi connectivity index (χ1) is 6.77. The zero-order valence-electron chi connectivity index (χ0n) is 8.45. The van der Waals surface area contributed by atoms with Gasteiger partial charge in [-0.15, -0.1) is 11.8 Å². The molecule has 0 aliphatic rings. The Morgan fingerprint density at radius 3 is 2.86 bits per heavy atom. The number of nitriles is 1. The summed E-state index contributed by atoms with van der Waals surface area (Å²) >= 11 is 1.73. The van der Waals surface area contributed by atoms with Crippen molar-refractivity contribution in [3.8, 4) is 6.07 Å². The van der Waals surface area contributed by atoms with Crippen LogP contribution >= 0.6 is 11.8 Å². The van der Waals surface area contributed by atoms with Crippen LogP contribution in [-0.2, 0) is 0 Å². The van der Waals surface area contributed by atoms with Crippen LogP contribution in [0.5, 0.6) is 0 Å². The molecule has 0 saturated carbocycles. The van der Waals surface area contributed by atoms with E-state index in [0.29, 0.717) is 11.7 Å². The van der Waals surface area contributed by atoms with Crippen molar-refractivity contribution < 1.29 is 0 Å². The molecule has 1 unspecified atom stereocenters. The third kappa shape index (κ3) is 2.97. The molecule has 0 amide bonds. The van der Waals surface area contributed by atoms with Crippen LogP contribution in [0.15, 0.2) is 29.2 Å². The maximum Gasteiger partial charge on any atom is 0.0633 e. The predicted octanol–water partition coefficient (Wildman–Crippen LogP) is 3.12. The van der Waals surface area contributed by atoms with Gasteiger partial charge in [0.05, 0.1) is 6.07 Å². The van der Waals surface area contributed by atoms with E-state index in [1.807, 2.05) is 25.2 Å². The molecule has 2 nitrogen and oxygen atoms in total. The Labute approximate surface area is 89.3 Å². The van der Waals surface area contributed by atoms with Crippen LogP contribution in [0.2, 0.25) is 0 Å². The molecule has 1 rings (SSSR count). The van der Waals surface area contributed by atoms with Gasteiger partial charge in [0.2, 0.25) is 0 Å². The van der Waals surface area contributed by atoms with Crippen molar-refractivity contribution in [2.75, 3.05) is 12.4 Å². The SMILES string of the molecule is CNc1ccccc1SC(C)CC#N. The summed E-state index contributed by atoms with van der Waals surface area (Å²) in [5.41, 5.74) is 1.13. The molecule has 0 aliphatic heterocycles. The van der Waals surface area contributed by atoms with Crippen LogP contribution in [0, 0.1) is 11.3 Å². The first-order valence-electron chi connectivity index (χ1n) is 4.58. The van der Waals surface area contributed by atoms with Gasteiger partial charge in [0.1, 0.15) is 0 Å². The highest BCUT2D eigenvalue weighted by molar-refractivity contribution is 8.00. The lowest BCUT2D eigenvalue weighted by Crippen LogP contribution is -1.96. The standard InChI is InChI=1S/C11H14N2S/c1-9(7-8-12)14-11-6-4-3-5-10(11)13-2/h3-6,9,13H,7H2,1-2H3. The second kappa shape index (κ2) is 5.56. The summed E-state index contributed by atoms with van der Waals surface area (Å²) in [6.45, 7) is 2.07. The van der Waals surface area contributed by atoms with Crippen LogP contribution in [0.25, 0.3) is 0 Å². The van der Waals surface area contributed by atoms with Crippen LogP contribution in [0.4, 0.5) is 5.69 Å². The van der Waals surface area contributed by atoms with Crippen molar-refractivity contribution in [3.63, 3.8) is 0 Å². The van der Waals surface area contributed by atoms with E-state index in [0.717, 1.165) is 5.69 Å². The molecule has 0 aliphatic carbocycles. The molecule has 3 heteroatoms. The Hall–Kier alpha value is -1.14. The molecule has 0 fully saturated rings. The summed E-state index contributed by atoms with van der Waals surface area (Å²) in [4.78, 5) is 1.21. The normalized spacial score (nSPS) is 11.8. The van der Waals surface area contributed by atoms with Gasteiger partial charge in [-0.2, -0.15) is 5.26 Å². The van der Waals surface area contributed by atoms with Crippen molar-refractivity contribution in [2.24, 2.45) is 0 Å². The summed E-state index contributed by atoms with van der Waals surface area (Å²) in [5.74, 6) is 0. The van der Waals surface area contributed by atoms with Crippen LogP contribution < -0.4 is 5.32 Å². The first kappa shape index (κ1) is 10.9. The second-order valence-corrected chi connectivity index (χ2v) is 4.52. The van der Waals surface area contributed by atoms with Gasteiger partial charge < -0.3 is 5.32 Å². The Bertz CT molecular complexity index is 330. The lowest BCUT2D eigenvalue weighted by Gasteiger charge is -2.11. The van der Waals surface area contributed by atoms with E-state index in [9.17, 15) is 0 Å². The van der Waals surface area contributed by atoms with E-state index in [1.54, 1.807) is 11.8 Å². The molecule has 0 bridgehead atoms. The van der Waals surface area contributed by atoms with Gasteiger partial charge in [-0.25, -0.2) is 0 Å². The zero-order valence-corrected chi connectivity index (χ0v) is 9.27. The fraction of sp³-hybridized carbons (Fsp3) is 0.364. The number of hydrogen-bond acceptors (Lipinski definition) is 3. The third-order valence-electron chi connectivity index (χ3n) is 1.86. The summed E-state index contributed by atoms with van der Waals surface area (Å²) in [7, 11) is 1.91. The maximum atomic E-state index is 8.56. The largest absolute Gasteiger partial charge is 0.387 e. The average Bonchev–Trinajstić information content (AvgIpc) is 2.19. The van der Waals surface area contributed by atoms with E-state index < -0.39 is 0 Å². The van der Waals surface area contributed by atoms with E-state index in [4.69, 9.17) is 5.26 Å². The number of benzene rings is 1. The van der Waals surface area contributed by atoms with Gasteiger partial charge in [0.25, 0.3) is 0 Å². The number of hydrogen-bond donors (Lipinski definition) is 1. The molecule has 0 spiro atoms. The molecular weight excluding hydrogens is 192 g/mol. The first-order valence-corrected chi connectivity index (χ1v) is 5.46. The highest BCUT2D eigenvalue weighted by Crippen LogP contribution is 2.30. The van der Waals surface area contributed by atoms with Crippen molar-refractivity contribution >= 4 is 17.4 Å². The fourth-order valence-corrected chi connectivity index (χ4v) is 2.21. The van der Waals surface area contributed by atoms with Crippen LogP contribution in [0.1, 0.15) is 13.3 Å². The highest BCUT2D eigenvalue weighted by Gasteiger charge is 2.06. The number of nitrogens with zero attached hydrogens (tertiary/aromatic N) is 1. The summed E-state index contributed by atoms with van der Waals surface area (Å²) in [5, 5.41) is 12.0. The fourth-order valence-electron chi connectivity index (χ4n) is 1.16. The Morgan fingerprint density at radius 1 is 1.50 bits per heavy atom. The Balaban J connectivity index is 2.71. The Morgan fingerprint density at radius 2 is 2.21 bits per heavy atom. The maximum absolute atomic E-state index is 8.56.